The molecule has 0 aliphatic carbocycles. The number of H-pyrrole nitrogens is 1. The molecule has 0 atom stereocenters. The molecule has 6 nitrogen and oxygen atoms in total. The van der Waals surface area contributed by atoms with Crippen LogP contribution in [0.2, 0.25) is 0 Å². The molecule has 2 heterocycles. The van der Waals surface area contributed by atoms with Crippen LogP contribution < -0.4 is 10.1 Å². The number of piperidine rings is 1. The lowest BCUT2D eigenvalue weighted by molar-refractivity contribution is 0.0954. The fourth-order valence-corrected chi connectivity index (χ4v) is 3.82. The number of rotatable bonds is 6. The Morgan fingerprint density at radius 1 is 1.23 bits per heavy atom. The maximum atomic E-state index is 12.4. The van der Waals surface area contributed by atoms with E-state index in [4.69, 9.17) is 4.74 Å². The Bertz CT molecular complexity index is 1060. The number of carbonyl (C=O) groups excluding carboxylic acids is 1. The summed E-state index contributed by atoms with van der Waals surface area (Å²) in [5.74, 6) is 0.718. The largest absolute Gasteiger partial charge is 0.490 e. The van der Waals surface area contributed by atoms with Gasteiger partial charge < -0.3 is 19.9 Å². The predicted octanol–water partition coefficient (Wildman–Crippen LogP) is 3.49. The van der Waals surface area contributed by atoms with Crippen molar-refractivity contribution < 1.29 is 9.53 Å². The molecule has 0 radical (unpaired) electrons. The fourth-order valence-electron chi connectivity index (χ4n) is 3.82. The molecule has 0 saturated carbocycles. The Labute approximate surface area is 176 Å². The Kier molecular flexibility index (Phi) is 6.01. The van der Waals surface area contributed by atoms with Crippen LogP contribution in [-0.4, -0.2) is 48.6 Å². The number of hydrogen-bond donors (Lipinski definition) is 2. The summed E-state index contributed by atoms with van der Waals surface area (Å²) in [5.41, 5.74) is 3.29. The fraction of sp³-hybridized carbons (Fsp3) is 0.333. The van der Waals surface area contributed by atoms with Crippen LogP contribution in [0.1, 0.15) is 34.3 Å². The number of carbonyl (C=O) groups is 1. The van der Waals surface area contributed by atoms with Crippen LogP contribution in [0.4, 0.5) is 0 Å². The number of nitriles is 1. The molecular formula is C24H26N4O2. The van der Waals surface area contributed by atoms with Crippen LogP contribution in [-0.2, 0) is 6.42 Å². The highest BCUT2D eigenvalue weighted by Crippen LogP contribution is 2.20. The van der Waals surface area contributed by atoms with Gasteiger partial charge in [-0.3, -0.25) is 4.79 Å². The van der Waals surface area contributed by atoms with E-state index in [1.165, 1.54) is 0 Å². The second-order valence-corrected chi connectivity index (χ2v) is 7.84. The van der Waals surface area contributed by atoms with Gasteiger partial charge in [0.2, 0.25) is 0 Å². The van der Waals surface area contributed by atoms with Crippen LogP contribution in [0.3, 0.4) is 0 Å². The topological polar surface area (TPSA) is 81.2 Å². The smallest absolute Gasteiger partial charge is 0.251 e. The van der Waals surface area contributed by atoms with Gasteiger partial charge in [-0.05, 0) is 68.3 Å². The van der Waals surface area contributed by atoms with Gasteiger partial charge in [0.15, 0.2) is 0 Å². The molecule has 0 unspecified atom stereocenters. The van der Waals surface area contributed by atoms with Gasteiger partial charge in [-0.1, -0.05) is 6.07 Å². The van der Waals surface area contributed by atoms with E-state index in [1.54, 1.807) is 6.20 Å². The molecule has 0 bridgehead atoms. The van der Waals surface area contributed by atoms with Gasteiger partial charge in [-0.15, -0.1) is 0 Å². The van der Waals surface area contributed by atoms with E-state index in [0.29, 0.717) is 24.1 Å². The minimum atomic E-state index is -0.0960. The van der Waals surface area contributed by atoms with Crippen molar-refractivity contribution in [2.45, 2.75) is 25.4 Å². The molecule has 2 N–H and O–H groups in total. The van der Waals surface area contributed by atoms with Crippen molar-refractivity contribution in [2.75, 3.05) is 26.7 Å². The predicted molar refractivity (Wildman–Crippen MR) is 117 cm³/mol. The number of benzene rings is 2. The van der Waals surface area contributed by atoms with Gasteiger partial charge in [0.05, 0.1) is 5.56 Å². The summed E-state index contributed by atoms with van der Waals surface area (Å²) in [6.07, 6.45) is 4.73. The first kappa shape index (κ1) is 20.0. The Hall–Kier alpha value is -3.30. The minimum absolute atomic E-state index is 0.0960. The van der Waals surface area contributed by atoms with Crippen LogP contribution in [0.15, 0.2) is 48.7 Å². The van der Waals surface area contributed by atoms with Gasteiger partial charge in [-0.2, -0.15) is 5.26 Å². The first-order valence-corrected chi connectivity index (χ1v) is 10.4. The summed E-state index contributed by atoms with van der Waals surface area (Å²) in [4.78, 5) is 17.8. The molecule has 1 saturated heterocycles. The SMILES string of the molecule is CN1CCC(Oc2ccc(C(=O)NCCc3ccc4[nH]cc(C#N)c4c3)cc2)CC1. The van der Waals surface area contributed by atoms with Crippen molar-refractivity contribution in [1.82, 2.24) is 15.2 Å². The third-order valence-corrected chi connectivity index (χ3v) is 5.65. The zero-order valence-corrected chi connectivity index (χ0v) is 17.1. The van der Waals surface area contributed by atoms with E-state index in [1.807, 2.05) is 42.5 Å². The number of nitrogens with one attached hydrogen (secondary N) is 2. The second kappa shape index (κ2) is 9.02. The number of nitrogens with zero attached hydrogens (tertiary/aromatic N) is 2. The van der Waals surface area contributed by atoms with Gasteiger partial charge in [0, 0.05) is 42.3 Å². The van der Waals surface area contributed by atoms with Crippen molar-refractivity contribution in [3.05, 3.63) is 65.4 Å². The molecule has 1 aliphatic rings. The van der Waals surface area contributed by atoms with Crippen molar-refractivity contribution in [3.63, 3.8) is 0 Å². The highest BCUT2D eigenvalue weighted by Gasteiger charge is 2.18. The number of ether oxygens (including phenoxy) is 1. The maximum absolute atomic E-state index is 12.4. The molecule has 4 rings (SSSR count). The van der Waals surface area contributed by atoms with Crippen LogP contribution in [0.25, 0.3) is 10.9 Å². The molecule has 1 fully saturated rings. The third kappa shape index (κ3) is 4.64. The lowest BCUT2D eigenvalue weighted by Gasteiger charge is -2.29. The van der Waals surface area contributed by atoms with Crippen LogP contribution in [0.5, 0.6) is 5.75 Å². The number of amides is 1. The number of hydrogen-bond acceptors (Lipinski definition) is 4. The zero-order chi connectivity index (χ0) is 20.9. The monoisotopic (exact) mass is 402 g/mol. The normalized spacial score (nSPS) is 15.1. The molecule has 1 amide bonds. The first-order chi connectivity index (χ1) is 14.6. The highest BCUT2D eigenvalue weighted by molar-refractivity contribution is 5.94. The van der Waals surface area contributed by atoms with Crippen LogP contribution >= 0.6 is 0 Å². The lowest BCUT2D eigenvalue weighted by atomic mass is 10.1. The number of fused-ring (bicyclic) bond motifs is 1. The van der Waals surface area contributed by atoms with E-state index in [9.17, 15) is 10.1 Å². The van der Waals surface area contributed by atoms with E-state index in [-0.39, 0.29) is 12.0 Å². The maximum Gasteiger partial charge on any atom is 0.251 e. The van der Waals surface area contributed by atoms with E-state index in [2.05, 4.69) is 28.3 Å². The van der Waals surface area contributed by atoms with Gasteiger partial charge in [0.1, 0.15) is 17.9 Å². The van der Waals surface area contributed by atoms with Crippen molar-refractivity contribution in [2.24, 2.45) is 0 Å². The molecule has 2 aromatic carbocycles. The standard InChI is InChI=1S/C24H26N4O2/c1-28-12-9-21(10-13-28)30-20-5-3-18(4-6-20)24(29)26-11-8-17-2-7-23-22(14-17)19(15-25)16-27-23/h2-7,14,16,21,27H,8-13H2,1H3,(H,26,29). The highest BCUT2D eigenvalue weighted by atomic mass is 16.5. The average molecular weight is 402 g/mol. The van der Waals surface area contributed by atoms with Crippen molar-refractivity contribution in [3.8, 4) is 11.8 Å². The molecule has 0 spiro atoms. The first-order valence-electron chi connectivity index (χ1n) is 10.4. The molecule has 30 heavy (non-hydrogen) atoms. The van der Waals surface area contributed by atoms with Crippen LogP contribution in [0, 0.1) is 11.3 Å². The van der Waals surface area contributed by atoms with E-state index in [0.717, 1.165) is 48.1 Å². The molecule has 3 aromatic rings. The van der Waals surface area contributed by atoms with Gasteiger partial charge in [-0.25, -0.2) is 0 Å². The summed E-state index contributed by atoms with van der Waals surface area (Å²) < 4.78 is 6.04. The Morgan fingerprint density at radius 3 is 2.73 bits per heavy atom. The summed E-state index contributed by atoms with van der Waals surface area (Å²) in [6.45, 7) is 2.64. The molecule has 1 aliphatic heterocycles. The molecular weight excluding hydrogens is 376 g/mol. The molecule has 6 heteroatoms. The Balaban J connectivity index is 1.28. The lowest BCUT2D eigenvalue weighted by Crippen LogP contribution is -2.35. The third-order valence-electron chi connectivity index (χ3n) is 5.65. The molecule has 1 aromatic heterocycles. The summed E-state index contributed by atoms with van der Waals surface area (Å²) in [5, 5.41) is 13.1. The number of aromatic nitrogens is 1. The summed E-state index contributed by atoms with van der Waals surface area (Å²) in [6, 6.07) is 15.5. The average Bonchev–Trinajstić information content (AvgIpc) is 3.18. The van der Waals surface area contributed by atoms with Crippen molar-refractivity contribution >= 4 is 16.8 Å². The number of aromatic amines is 1. The van der Waals surface area contributed by atoms with E-state index >= 15 is 0 Å². The van der Waals surface area contributed by atoms with Gasteiger partial charge in [0.25, 0.3) is 5.91 Å². The number of likely N-dealkylation sites (tertiary alicyclic amines) is 1. The quantitative estimate of drug-likeness (QED) is 0.661. The van der Waals surface area contributed by atoms with Gasteiger partial charge >= 0.3 is 0 Å². The minimum Gasteiger partial charge on any atom is -0.490 e. The molecule has 154 valence electrons. The second-order valence-electron chi connectivity index (χ2n) is 7.84. The van der Waals surface area contributed by atoms with E-state index < -0.39 is 0 Å². The summed E-state index contributed by atoms with van der Waals surface area (Å²) >= 11 is 0. The van der Waals surface area contributed by atoms with Crippen molar-refractivity contribution in [1.29, 1.82) is 5.26 Å². The Morgan fingerprint density at radius 2 is 2.00 bits per heavy atom. The zero-order valence-electron chi connectivity index (χ0n) is 17.1. The summed E-state index contributed by atoms with van der Waals surface area (Å²) in [7, 11) is 2.13.